The highest BCUT2D eigenvalue weighted by atomic mass is 16.5. The van der Waals surface area contributed by atoms with Crippen molar-refractivity contribution < 1.29 is 19.1 Å². The van der Waals surface area contributed by atoms with Gasteiger partial charge in [-0.05, 0) is 65.2 Å². The molecule has 0 saturated carbocycles. The molecule has 14 nitrogen and oxygen atoms in total. The molecule has 5 aromatic rings. The molecule has 6 rings (SSSR count). The van der Waals surface area contributed by atoms with Crippen LogP contribution >= 0.6 is 0 Å². The van der Waals surface area contributed by atoms with Crippen LogP contribution in [0.25, 0.3) is 16.7 Å². The lowest BCUT2D eigenvalue weighted by molar-refractivity contribution is -0.127. The van der Waals surface area contributed by atoms with Gasteiger partial charge in [-0.2, -0.15) is 4.68 Å². The Kier molecular flexibility index (Phi) is 8.64. The highest BCUT2D eigenvalue weighted by molar-refractivity contribution is 6.02. The number of carbonyl (C=O) groups excluding carboxylic acids is 2. The summed E-state index contributed by atoms with van der Waals surface area (Å²) in [7, 11) is 5.40. The third-order valence-electron chi connectivity index (χ3n) is 7.77. The highest BCUT2D eigenvalue weighted by Crippen LogP contribution is 2.34. The molecule has 45 heavy (non-hydrogen) atoms. The van der Waals surface area contributed by atoms with Gasteiger partial charge in [0, 0.05) is 44.7 Å². The number of nitrogens with one attached hydrogen (secondary N) is 1. The summed E-state index contributed by atoms with van der Waals surface area (Å²) < 4.78 is 14.5. The first-order chi connectivity index (χ1) is 21.9. The lowest BCUT2D eigenvalue weighted by Gasteiger charge is -2.32. The zero-order valence-corrected chi connectivity index (χ0v) is 25.3. The van der Waals surface area contributed by atoms with Crippen LogP contribution in [0.4, 0.5) is 11.4 Å². The van der Waals surface area contributed by atoms with Crippen molar-refractivity contribution in [1.82, 2.24) is 40.5 Å². The minimum absolute atomic E-state index is 0.0768. The number of amides is 2. The van der Waals surface area contributed by atoms with Crippen molar-refractivity contribution >= 4 is 34.2 Å². The number of hydrogen-bond donors (Lipinski definition) is 1. The molecule has 2 aromatic heterocycles. The number of benzene rings is 3. The molecule has 3 aromatic carbocycles. The van der Waals surface area contributed by atoms with E-state index in [2.05, 4.69) is 31.2 Å². The lowest BCUT2D eigenvalue weighted by atomic mass is 10.0. The third kappa shape index (κ3) is 6.31. The molecule has 1 N–H and O–H groups in total. The normalized spacial score (nSPS) is 15.1. The van der Waals surface area contributed by atoms with Crippen LogP contribution in [-0.2, 0) is 20.9 Å². The molecule has 0 unspecified atom stereocenters. The van der Waals surface area contributed by atoms with E-state index in [0.717, 1.165) is 18.5 Å². The van der Waals surface area contributed by atoms with Crippen LogP contribution in [0.5, 0.6) is 5.75 Å². The predicted molar refractivity (Wildman–Crippen MR) is 166 cm³/mol. The fourth-order valence-corrected chi connectivity index (χ4v) is 5.44. The molecular weight excluding hydrogens is 576 g/mol. The molecule has 1 aliphatic rings. The van der Waals surface area contributed by atoms with Crippen LogP contribution in [-0.4, -0.2) is 87.5 Å². The predicted octanol–water partition coefficient (Wildman–Crippen LogP) is 2.55. The summed E-state index contributed by atoms with van der Waals surface area (Å²) in [5.74, 6) is -0.314. The Balaban J connectivity index is 1.44. The van der Waals surface area contributed by atoms with Crippen LogP contribution in [0.1, 0.15) is 24.4 Å². The Hall–Kier alpha value is -5.37. The summed E-state index contributed by atoms with van der Waals surface area (Å²) in [5.41, 5.74) is 3.95. The molecule has 0 radical (unpaired) electrons. The van der Waals surface area contributed by atoms with Crippen molar-refractivity contribution in [2.45, 2.75) is 31.5 Å². The Morgan fingerprint density at radius 3 is 2.58 bits per heavy atom. The van der Waals surface area contributed by atoms with E-state index in [0.29, 0.717) is 46.9 Å². The van der Waals surface area contributed by atoms with Crippen LogP contribution in [0.3, 0.4) is 0 Å². The topological polar surface area (TPSA) is 145 Å². The maximum atomic E-state index is 14.5. The molecule has 3 heterocycles. The summed E-state index contributed by atoms with van der Waals surface area (Å²) in [5, 5.41) is 22.9. The number of anilines is 2. The molecule has 232 valence electrons. The number of fused-ring (bicyclic) bond motifs is 1. The molecule has 1 aliphatic heterocycles. The van der Waals surface area contributed by atoms with Gasteiger partial charge >= 0.3 is 0 Å². The largest absolute Gasteiger partial charge is 0.494 e. The second-order valence-electron chi connectivity index (χ2n) is 10.9. The monoisotopic (exact) mass is 610 g/mol. The van der Waals surface area contributed by atoms with E-state index in [1.165, 1.54) is 27.7 Å². The van der Waals surface area contributed by atoms with Gasteiger partial charge in [-0.1, -0.05) is 29.5 Å². The number of tetrazole rings is 1. The van der Waals surface area contributed by atoms with Gasteiger partial charge < -0.3 is 19.7 Å². The quantitative estimate of drug-likeness (QED) is 0.237. The highest BCUT2D eigenvalue weighted by Gasteiger charge is 2.34. The van der Waals surface area contributed by atoms with Crippen LogP contribution in [0.2, 0.25) is 0 Å². The molecule has 14 heteroatoms. The molecule has 0 aliphatic carbocycles. The second-order valence-corrected chi connectivity index (χ2v) is 10.9. The number of carbonyl (C=O) groups is 2. The van der Waals surface area contributed by atoms with Crippen molar-refractivity contribution in [2.24, 2.45) is 0 Å². The van der Waals surface area contributed by atoms with E-state index in [9.17, 15) is 9.59 Å². The Morgan fingerprint density at radius 2 is 1.87 bits per heavy atom. The van der Waals surface area contributed by atoms with Gasteiger partial charge in [-0.25, -0.2) is 4.68 Å². The number of ether oxygens (including phenoxy) is 2. The first kappa shape index (κ1) is 29.7. The van der Waals surface area contributed by atoms with Gasteiger partial charge in [0.1, 0.15) is 35.9 Å². The van der Waals surface area contributed by atoms with Gasteiger partial charge in [0.05, 0.1) is 18.7 Å². The molecule has 2 atom stereocenters. The zero-order valence-electron chi connectivity index (χ0n) is 25.3. The van der Waals surface area contributed by atoms with E-state index in [-0.39, 0.29) is 24.5 Å². The average Bonchev–Trinajstić information content (AvgIpc) is 3.86. The molecule has 0 spiro atoms. The van der Waals surface area contributed by atoms with E-state index < -0.39 is 6.04 Å². The van der Waals surface area contributed by atoms with Crippen molar-refractivity contribution in [3.05, 3.63) is 78.6 Å². The maximum absolute atomic E-state index is 14.5. The number of hydrogen-bond acceptors (Lipinski definition) is 10. The Bertz CT molecular complexity index is 1770. The molecular formula is C31H34N10O4. The molecule has 1 fully saturated rings. The van der Waals surface area contributed by atoms with Crippen molar-refractivity contribution in [3.63, 3.8) is 0 Å². The zero-order chi connectivity index (χ0) is 31.3. The molecule has 0 bridgehead atoms. The van der Waals surface area contributed by atoms with Crippen LogP contribution in [0.15, 0.2) is 73.1 Å². The summed E-state index contributed by atoms with van der Waals surface area (Å²) in [6.45, 7) is 0.838. The van der Waals surface area contributed by atoms with Gasteiger partial charge in [0.25, 0.3) is 0 Å². The number of para-hydroxylation sites is 1. The first-order valence-electron chi connectivity index (χ1n) is 14.6. The molecule has 1 saturated heterocycles. The van der Waals surface area contributed by atoms with Gasteiger partial charge in [-0.3, -0.25) is 14.5 Å². The van der Waals surface area contributed by atoms with E-state index >= 15 is 0 Å². The SMILES string of the molecule is COc1cc(N(C(=O)Cn2nnc3ccccc32)[C@H](C(=O)NC[C@H]2CCCO2)c2ccc(N(C)C)cc2)ccc1-n1cnnn1. The minimum Gasteiger partial charge on any atom is -0.494 e. The van der Waals surface area contributed by atoms with Crippen LogP contribution in [0, 0.1) is 0 Å². The van der Waals surface area contributed by atoms with Gasteiger partial charge in [-0.15, -0.1) is 10.2 Å². The van der Waals surface area contributed by atoms with Crippen molar-refractivity contribution in [1.29, 1.82) is 0 Å². The second kappa shape index (κ2) is 13.1. The summed E-state index contributed by atoms with van der Waals surface area (Å²) in [6, 6.07) is 19.1. The lowest BCUT2D eigenvalue weighted by Crippen LogP contribution is -2.46. The number of aromatic nitrogens is 7. The summed E-state index contributed by atoms with van der Waals surface area (Å²) in [6.07, 6.45) is 3.18. The average molecular weight is 611 g/mol. The standard InChI is InChI=1S/C31H34N10O4/c1-38(2)22-12-10-21(11-13-22)30(31(43)32-18-24-7-6-16-45-24)41(29(42)19-39-26-9-5-4-8-25(26)34-36-39)23-14-15-27(28(17-23)44-3)40-20-33-35-37-40/h4-5,8-15,17,20,24,30H,6-7,16,18-19H2,1-3H3,(H,32,43)/t24-,30+/m1/s1. The first-order valence-corrected chi connectivity index (χ1v) is 14.6. The maximum Gasteiger partial charge on any atom is 0.249 e. The van der Waals surface area contributed by atoms with Crippen LogP contribution < -0.4 is 19.9 Å². The third-order valence-corrected chi connectivity index (χ3v) is 7.77. The summed E-state index contributed by atoms with van der Waals surface area (Å²) >= 11 is 0. The van der Waals surface area contributed by atoms with E-state index in [1.807, 2.05) is 67.5 Å². The summed E-state index contributed by atoms with van der Waals surface area (Å²) in [4.78, 5) is 32.1. The van der Waals surface area contributed by atoms with Gasteiger partial charge in [0.15, 0.2) is 0 Å². The minimum atomic E-state index is -1.03. The van der Waals surface area contributed by atoms with E-state index in [1.54, 1.807) is 18.2 Å². The Morgan fingerprint density at radius 1 is 1.07 bits per heavy atom. The molecule has 2 amide bonds. The van der Waals surface area contributed by atoms with Crippen molar-refractivity contribution in [3.8, 4) is 11.4 Å². The Labute approximate surface area is 259 Å². The number of methoxy groups -OCH3 is 1. The number of rotatable bonds is 11. The van der Waals surface area contributed by atoms with E-state index in [4.69, 9.17) is 9.47 Å². The smallest absolute Gasteiger partial charge is 0.249 e. The number of nitrogens with zero attached hydrogens (tertiary/aromatic N) is 9. The fraction of sp³-hybridized carbons (Fsp3) is 0.323. The fourth-order valence-electron chi connectivity index (χ4n) is 5.44. The van der Waals surface area contributed by atoms with Crippen molar-refractivity contribution in [2.75, 3.05) is 44.2 Å². The van der Waals surface area contributed by atoms with Gasteiger partial charge in [0.2, 0.25) is 11.8 Å².